The van der Waals surface area contributed by atoms with Crippen LogP contribution in [0.2, 0.25) is 0 Å². The van der Waals surface area contributed by atoms with Crippen LogP contribution in [-0.2, 0) is 13.7 Å². The molecule has 23 heavy (non-hydrogen) atoms. The lowest BCUT2D eigenvalue weighted by Crippen LogP contribution is -2.23. The molecule has 126 valence electrons. The number of aromatic nitrogens is 1. The van der Waals surface area contributed by atoms with Gasteiger partial charge in [0.25, 0.3) is 0 Å². The molecule has 1 aromatic heterocycles. The molecule has 9 nitrogen and oxygen atoms in total. The molecule has 0 bridgehead atoms. The maximum atomic E-state index is 12.2. The van der Waals surface area contributed by atoms with Gasteiger partial charge in [0.05, 0.1) is 6.54 Å². The molecule has 1 aliphatic rings. The molecule has 0 saturated carbocycles. The zero-order valence-corrected chi connectivity index (χ0v) is 13.8. The van der Waals surface area contributed by atoms with Crippen molar-refractivity contribution in [1.29, 1.82) is 0 Å². The standard InChI is InChI=1S/C12H16N2O7P2/c1-9(22(16,17)18)23(19,20)21-11-5-3-7-14(15)12(11)10-4-2-6-13-8-10/h2-6,8-9,15H,7H2,1H3,(H,19,20)(H2,16,17,18). The van der Waals surface area contributed by atoms with E-state index < -0.39 is 20.6 Å². The van der Waals surface area contributed by atoms with Gasteiger partial charge in [-0.05, 0) is 25.1 Å². The Morgan fingerprint density at radius 1 is 1.35 bits per heavy atom. The van der Waals surface area contributed by atoms with E-state index in [9.17, 15) is 19.2 Å². The minimum absolute atomic E-state index is 0.0767. The number of hydrogen-bond acceptors (Lipinski definition) is 6. The monoisotopic (exact) mass is 362 g/mol. The van der Waals surface area contributed by atoms with E-state index in [0.717, 1.165) is 12.0 Å². The first-order valence-electron chi connectivity index (χ1n) is 6.48. The van der Waals surface area contributed by atoms with Gasteiger partial charge in [-0.25, -0.2) is 9.63 Å². The highest BCUT2D eigenvalue weighted by atomic mass is 31.2. The number of pyridine rings is 1. The quantitative estimate of drug-likeness (QED) is 0.576. The lowest BCUT2D eigenvalue weighted by atomic mass is 10.1. The molecular formula is C12H16N2O7P2. The Morgan fingerprint density at radius 3 is 2.61 bits per heavy atom. The van der Waals surface area contributed by atoms with Gasteiger partial charge in [0.15, 0.2) is 11.2 Å². The summed E-state index contributed by atoms with van der Waals surface area (Å²) >= 11 is 0. The summed E-state index contributed by atoms with van der Waals surface area (Å²) in [5.41, 5.74) is 0.492. The van der Waals surface area contributed by atoms with E-state index >= 15 is 0 Å². The second-order valence-corrected chi connectivity index (χ2v) is 9.26. The Labute approximate surface area is 132 Å². The van der Waals surface area contributed by atoms with Crippen LogP contribution in [0.1, 0.15) is 12.5 Å². The molecule has 0 spiro atoms. The Hall–Kier alpha value is -1.47. The van der Waals surface area contributed by atoms with Gasteiger partial charge in [0.2, 0.25) is 0 Å². The van der Waals surface area contributed by atoms with E-state index in [1.54, 1.807) is 12.1 Å². The topological polar surface area (TPSA) is 140 Å². The maximum Gasteiger partial charge on any atom is 0.391 e. The summed E-state index contributed by atoms with van der Waals surface area (Å²) < 4.78 is 28.4. The fraction of sp³-hybridized carbons (Fsp3) is 0.250. The molecule has 2 unspecified atom stereocenters. The lowest BCUT2D eigenvalue weighted by Gasteiger charge is -2.27. The molecule has 0 radical (unpaired) electrons. The summed E-state index contributed by atoms with van der Waals surface area (Å²) in [6.45, 7) is 1.04. The van der Waals surface area contributed by atoms with E-state index in [1.807, 2.05) is 0 Å². The van der Waals surface area contributed by atoms with Crippen molar-refractivity contribution in [3.8, 4) is 0 Å². The summed E-state index contributed by atoms with van der Waals surface area (Å²) in [5, 5.41) is 8.86. The molecule has 2 rings (SSSR count). The van der Waals surface area contributed by atoms with Crippen molar-refractivity contribution in [3.63, 3.8) is 0 Å². The van der Waals surface area contributed by atoms with Crippen LogP contribution in [-0.4, -0.2) is 41.9 Å². The van der Waals surface area contributed by atoms with Crippen LogP contribution in [0.25, 0.3) is 5.70 Å². The summed E-state index contributed by atoms with van der Waals surface area (Å²) in [6, 6.07) is 3.20. The molecule has 11 heteroatoms. The van der Waals surface area contributed by atoms with Crippen molar-refractivity contribution in [3.05, 3.63) is 48.0 Å². The number of hydroxylamine groups is 2. The Balaban J connectivity index is 2.44. The van der Waals surface area contributed by atoms with Gasteiger partial charge in [-0.1, -0.05) is 6.08 Å². The van der Waals surface area contributed by atoms with E-state index in [0.29, 0.717) is 5.56 Å². The van der Waals surface area contributed by atoms with Crippen molar-refractivity contribution < 1.29 is 33.5 Å². The van der Waals surface area contributed by atoms with Crippen molar-refractivity contribution in [1.82, 2.24) is 10.0 Å². The molecule has 0 fully saturated rings. The van der Waals surface area contributed by atoms with Gasteiger partial charge in [0.1, 0.15) is 5.70 Å². The van der Waals surface area contributed by atoms with Crippen LogP contribution in [0, 0.1) is 0 Å². The zero-order chi connectivity index (χ0) is 17.3. The second-order valence-electron chi connectivity index (χ2n) is 4.82. The van der Waals surface area contributed by atoms with Crippen LogP contribution < -0.4 is 0 Å². The van der Waals surface area contributed by atoms with Crippen LogP contribution in [0.3, 0.4) is 0 Å². The van der Waals surface area contributed by atoms with Crippen molar-refractivity contribution in [2.75, 3.05) is 6.54 Å². The number of hydrogen-bond donors (Lipinski definition) is 4. The second kappa shape index (κ2) is 6.57. The summed E-state index contributed by atoms with van der Waals surface area (Å²) in [4.78, 5) is 31.9. The fourth-order valence-corrected chi connectivity index (χ4v) is 4.08. The number of allylic oxidation sites excluding steroid dienone is 1. The largest absolute Gasteiger partial charge is 0.422 e. The summed E-state index contributed by atoms with van der Waals surface area (Å²) in [7, 11) is -9.51. The molecule has 1 aromatic rings. The van der Waals surface area contributed by atoms with E-state index in [2.05, 4.69) is 4.98 Å². The predicted octanol–water partition coefficient (Wildman–Crippen LogP) is 1.74. The third-order valence-corrected chi connectivity index (χ3v) is 7.32. The molecule has 2 atom stereocenters. The Kier molecular flexibility index (Phi) is 5.10. The van der Waals surface area contributed by atoms with E-state index in [4.69, 9.17) is 14.3 Å². The third kappa shape index (κ3) is 4.09. The molecule has 0 saturated heterocycles. The molecule has 4 N–H and O–H groups in total. The van der Waals surface area contributed by atoms with E-state index in [-0.39, 0.29) is 18.0 Å². The Morgan fingerprint density at radius 2 is 2.04 bits per heavy atom. The average molecular weight is 362 g/mol. The zero-order valence-electron chi connectivity index (χ0n) is 12.1. The van der Waals surface area contributed by atoms with E-state index in [1.165, 1.54) is 24.5 Å². The molecule has 2 heterocycles. The average Bonchev–Trinajstić information content (AvgIpc) is 2.46. The van der Waals surface area contributed by atoms with Crippen LogP contribution >= 0.6 is 15.2 Å². The summed E-state index contributed by atoms with van der Waals surface area (Å²) in [6.07, 6.45) is 5.75. The first kappa shape index (κ1) is 17.9. The maximum absolute atomic E-state index is 12.2. The Bertz CT molecular complexity index is 728. The molecule has 0 aliphatic carbocycles. The van der Waals surface area contributed by atoms with Crippen molar-refractivity contribution in [2.45, 2.75) is 12.3 Å². The van der Waals surface area contributed by atoms with Crippen molar-refractivity contribution in [2.24, 2.45) is 0 Å². The highest BCUT2D eigenvalue weighted by molar-refractivity contribution is 7.71. The molecule has 0 aromatic carbocycles. The highest BCUT2D eigenvalue weighted by Gasteiger charge is 2.43. The first-order valence-corrected chi connectivity index (χ1v) is 9.80. The molecule has 0 amide bonds. The van der Waals surface area contributed by atoms with Crippen LogP contribution in [0.4, 0.5) is 0 Å². The first-order chi connectivity index (χ1) is 10.6. The number of rotatable bonds is 5. The van der Waals surface area contributed by atoms with Gasteiger partial charge < -0.3 is 19.2 Å². The van der Waals surface area contributed by atoms with Crippen LogP contribution in [0.15, 0.2) is 42.4 Å². The minimum Gasteiger partial charge on any atom is -0.422 e. The lowest BCUT2D eigenvalue weighted by molar-refractivity contribution is -0.0192. The van der Waals surface area contributed by atoms with Crippen LogP contribution in [0.5, 0.6) is 0 Å². The van der Waals surface area contributed by atoms with Gasteiger partial charge in [0, 0.05) is 18.0 Å². The summed E-state index contributed by atoms with van der Waals surface area (Å²) in [5.74, 6) is -0.183. The third-order valence-electron chi connectivity index (χ3n) is 3.16. The number of nitrogens with zero attached hydrogens (tertiary/aromatic N) is 2. The predicted molar refractivity (Wildman–Crippen MR) is 81.2 cm³/mol. The van der Waals surface area contributed by atoms with Gasteiger partial charge in [-0.2, -0.15) is 0 Å². The smallest absolute Gasteiger partial charge is 0.391 e. The van der Waals surface area contributed by atoms with Gasteiger partial charge in [-0.3, -0.25) is 14.8 Å². The SMILES string of the molecule is CC(P(=O)(O)O)P(=O)(O)OC1=C(c2cccnc2)N(O)CC=C1. The molecule has 1 aliphatic heterocycles. The van der Waals surface area contributed by atoms with Gasteiger partial charge in [-0.15, -0.1) is 0 Å². The van der Waals surface area contributed by atoms with Gasteiger partial charge >= 0.3 is 15.2 Å². The fourth-order valence-electron chi connectivity index (χ4n) is 1.83. The normalized spacial score (nSPS) is 19.4. The highest BCUT2D eigenvalue weighted by Crippen LogP contribution is 2.63. The molecular weight excluding hydrogens is 346 g/mol. The van der Waals surface area contributed by atoms with Crippen molar-refractivity contribution >= 4 is 20.9 Å². The minimum atomic E-state index is -4.83.